The average Bonchev–Trinajstić information content (AvgIpc) is 2.79. The van der Waals surface area contributed by atoms with Gasteiger partial charge in [0.1, 0.15) is 6.54 Å². The van der Waals surface area contributed by atoms with E-state index in [1.54, 1.807) is 6.92 Å². The normalized spacial score (nSPS) is 10.7. The minimum atomic E-state index is -0.586. The van der Waals surface area contributed by atoms with Gasteiger partial charge in [0.15, 0.2) is 5.69 Å². The number of hydrogen-bond donors (Lipinski definition) is 1. The first kappa shape index (κ1) is 16.4. The van der Waals surface area contributed by atoms with Gasteiger partial charge in [0.05, 0.1) is 18.2 Å². The third kappa shape index (κ3) is 4.48. The van der Waals surface area contributed by atoms with Crippen molar-refractivity contribution in [2.24, 2.45) is 5.92 Å². The van der Waals surface area contributed by atoms with E-state index in [1.807, 2.05) is 13.8 Å². The van der Waals surface area contributed by atoms with Crippen molar-refractivity contribution < 1.29 is 14.3 Å². The van der Waals surface area contributed by atoms with Crippen LogP contribution in [0.4, 0.5) is 0 Å². The van der Waals surface area contributed by atoms with E-state index >= 15 is 0 Å². The molecule has 1 N–H and O–H groups in total. The van der Waals surface area contributed by atoms with Gasteiger partial charge >= 0.3 is 5.97 Å². The molecule has 0 unspecified atom stereocenters. The van der Waals surface area contributed by atoms with Crippen LogP contribution in [-0.2, 0) is 22.0 Å². The number of nitrogens with one attached hydrogen (secondary N) is 1. The predicted octanol–water partition coefficient (Wildman–Crippen LogP) is 0.966. The molecule has 112 valence electrons. The van der Waals surface area contributed by atoms with Gasteiger partial charge in [0.25, 0.3) is 0 Å². The summed E-state index contributed by atoms with van der Waals surface area (Å²) in [5.74, 6) is -0.404. The van der Waals surface area contributed by atoms with E-state index in [2.05, 4.69) is 15.6 Å². The summed E-state index contributed by atoms with van der Waals surface area (Å²) < 4.78 is 6.17. The molecule has 1 aromatic rings. The van der Waals surface area contributed by atoms with Crippen molar-refractivity contribution in [3.05, 3.63) is 11.4 Å². The molecular formula is C12H19ClN4O3. The first-order valence-electron chi connectivity index (χ1n) is 6.41. The number of amides is 1. The highest BCUT2D eigenvalue weighted by atomic mass is 35.5. The minimum Gasteiger partial charge on any atom is -0.461 e. The third-order valence-electron chi connectivity index (χ3n) is 2.43. The molecule has 1 aromatic heterocycles. The summed E-state index contributed by atoms with van der Waals surface area (Å²) in [6, 6.07) is 0. The van der Waals surface area contributed by atoms with Crippen LogP contribution < -0.4 is 5.32 Å². The van der Waals surface area contributed by atoms with Gasteiger partial charge < -0.3 is 10.1 Å². The van der Waals surface area contributed by atoms with Crippen molar-refractivity contribution in [1.82, 2.24) is 20.3 Å². The largest absolute Gasteiger partial charge is 0.461 e. The monoisotopic (exact) mass is 302 g/mol. The highest BCUT2D eigenvalue weighted by Gasteiger charge is 2.21. The summed E-state index contributed by atoms with van der Waals surface area (Å²) in [7, 11) is 0. The number of nitrogens with zero attached hydrogens (tertiary/aromatic N) is 3. The van der Waals surface area contributed by atoms with Crippen LogP contribution in [0.25, 0.3) is 0 Å². The molecule has 0 bridgehead atoms. The number of carbonyl (C=O) groups excluding carboxylic acids is 2. The van der Waals surface area contributed by atoms with E-state index < -0.39 is 5.97 Å². The maximum absolute atomic E-state index is 11.7. The van der Waals surface area contributed by atoms with Crippen LogP contribution in [0.15, 0.2) is 0 Å². The summed E-state index contributed by atoms with van der Waals surface area (Å²) in [5, 5.41) is 10.3. The third-order valence-corrected chi connectivity index (χ3v) is 2.69. The van der Waals surface area contributed by atoms with Crippen molar-refractivity contribution >= 4 is 23.5 Å². The molecule has 20 heavy (non-hydrogen) atoms. The summed E-state index contributed by atoms with van der Waals surface area (Å²) >= 11 is 5.79. The molecule has 0 spiro atoms. The van der Waals surface area contributed by atoms with Crippen molar-refractivity contribution in [3.63, 3.8) is 0 Å². The second-order valence-electron chi connectivity index (χ2n) is 4.59. The predicted molar refractivity (Wildman–Crippen MR) is 73.4 cm³/mol. The highest BCUT2D eigenvalue weighted by Crippen LogP contribution is 2.10. The molecule has 7 nitrogen and oxygen atoms in total. The number of ether oxygens (including phenoxy) is 1. The zero-order valence-electron chi connectivity index (χ0n) is 11.9. The molecule has 0 radical (unpaired) electrons. The Bertz CT molecular complexity index is 473. The maximum atomic E-state index is 11.7. The van der Waals surface area contributed by atoms with E-state index in [1.165, 1.54) is 4.68 Å². The van der Waals surface area contributed by atoms with Gasteiger partial charge in [-0.25, -0.2) is 9.48 Å². The standard InChI is InChI=1S/C12H19ClN4O3/c1-4-20-12(19)11-9(5-13)17(16-15-11)7-10(18)14-6-8(2)3/h8H,4-7H2,1-3H3,(H,14,18). The Morgan fingerprint density at radius 2 is 2.15 bits per heavy atom. The van der Waals surface area contributed by atoms with Crippen LogP contribution in [0.2, 0.25) is 0 Å². The van der Waals surface area contributed by atoms with Gasteiger partial charge in [-0.1, -0.05) is 19.1 Å². The van der Waals surface area contributed by atoms with Crippen LogP contribution in [0.5, 0.6) is 0 Å². The Balaban J connectivity index is 2.76. The van der Waals surface area contributed by atoms with Gasteiger partial charge in [-0.2, -0.15) is 0 Å². The lowest BCUT2D eigenvalue weighted by Gasteiger charge is -2.08. The first-order valence-corrected chi connectivity index (χ1v) is 6.95. The lowest BCUT2D eigenvalue weighted by atomic mass is 10.2. The van der Waals surface area contributed by atoms with Crippen LogP contribution in [0.3, 0.4) is 0 Å². The topological polar surface area (TPSA) is 86.1 Å². The molecule has 8 heteroatoms. The zero-order valence-corrected chi connectivity index (χ0v) is 12.6. The fraction of sp³-hybridized carbons (Fsp3) is 0.667. The van der Waals surface area contributed by atoms with Gasteiger partial charge in [-0.3, -0.25) is 4.79 Å². The quantitative estimate of drug-likeness (QED) is 0.599. The smallest absolute Gasteiger partial charge is 0.360 e. The molecule has 0 saturated heterocycles. The molecule has 0 aliphatic rings. The number of alkyl halides is 1. The Labute approximate surface area is 122 Å². The molecule has 0 aromatic carbocycles. The molecule has 0 aliphatic carbocycles. The fourth-order valence-corrected chi connectivity index (χ4v) is 1.72. The lowest BCUT2D eigenvalue weighted by molar-refractivity contribution is -0.122. The van der Waals surface area contributed by atoms with Crippen molar-refractivity contribution in [2.45, 2.75) is 33.2 Å². The zero-order chi connectivity index (χ0) is 15.1. The fourth-order valence-electron chi connectivity index (χ4n) is 1.46. The lowest BCUT2D eigenvalue weighted by Crippen LogP contribution is -2.31. The minimum absolute atomic E-state index is 0.0264. The van der Waals surface area contributed by atoms with Crippen LogP contribution in [0.1, 0.15) is 37.0 Å². The molecule has 1 heterocycles. The Hall–Kier alpha value is -1.63. The molecule has 0 fully saturated rings. The molecule has 0 saturated carbocycles. The van der Waals surface area contributed by atoms with E-state index in [0.29, 0.717) is 18.2 Å². The number of halogens is 1. The second-order valence-corrected chi connectivity index (χ2v) is 4.86. The van der Waals surface area contributed by atoms with Gasteiger partial charge in [-0.15, -0.1) is 16.7 Å². The highest BCUT2D eigenvalue weighted by molar-refractivity contribution is 6.17. The average molecular weight is 303 g/mol. The number of carbonyl (C=O) groups is 2. The first-order chi connectivity index (χ1) is 9.49. The number of aromatic nitrogens is 3. The maximum Gasteiger partial charge on any atom is 0.360 e. The molecule has 0 atom stereocenters. The molecular weight excluding hydrogens is 284 g/mol. The van der Waals surface area contributed by atoms with E-state index in [9.17, 15) is 9.59 Å². The van der Waals surface area contributed by atoms with Gasteiger partial charge in [0, 0.05) is 6.54 Å². The summed E-state index contributed by atoms with van der Waals surface area (Å²) in [5.41, 5.74) is 0.434. The van der Waals surface area contributed by atoms with E-state index in [-0.39, 0.29) is 30.6 Å². The molecule has 1 rings (SSSR count). The van der Waals surface area contributed by atoms with Gasteiger partial charge in [0.2, 0.25) is 5.91 Å². The van der Waals surface area contributed by atoms with Crippen molar-refractivity contribution in [2.75, 3.05) is 13.2 Å². The van der Waals surface area contributed by atoms with Gasteiger partial charge in [-0.05, 0) is 12.8 Å². The summed E-state index contributed by atoms with van der Waals surface area (Å²) in [4.78, 5) is 23.4. The Morgan fingerprint density at radius 3 is 2.70 bits per heavy atom. The number of esters is 1. The number of rotatable bonds is 7. The summed E-state index contributed by atoms with van der Waals surface area (Å²) in [6.45, 7) is 6.48. The van der Waals surface area contributed by atoms with Crippen molar-refractivity contribution in [1.29, 1.82) is 0 Å². The van der Waals surface area contributed by atoms with Crippen LogP contribution in [-0.4, -0.2) is 40.0 Å². The van der Waals surface area contributed by atoms with E-state index in [0.717, 1.165) is 0 Å². The molecule has 0 aliphatic heterocycles. The Kier molecular flexibility index (Phi) is 6.44. The van der Waals surface area contributed by atoms with Crippen LogP contribution in [0, 0.1) is 5.92 Å². The number of hydrogen-bond acceptors (Lipinski definition) is 5. The SMILES string of the molecule is CCOC(=O)c1nnn(CC(=O)NCC(C)C)c1CCl. The summed E-state index contributed by atoms with van der Waals surface area (Å²) in [6.07, 6.45) is 0. The Morgan fingerprint density at radius 1 is 1.45 bits per heavy atom. The second kappa shape index (κ2) is 7.84. The van der Waals surface area contributed by atoms with E-state index in [4.69, 9.17) is 16.3 Å². The van der Waals surface area contributed by atoms with Crippen molar-refractivity contribution in [3.8, 4) is 0 Å². The molecule has 1 amide bonds. The van der Waals surface area contributed by atoms with Crippen LogP contribution >= 0.6 is 11.6 Å².